The number of hydrogen-bond donors (Lipinski definition) is 1. The summed E-state index contributed by atoms with van der Waals surface area (Å²) in [5.74, 6) is 0.0686. The fourth-order valence-corrected chi connectivity index (χ4v) is 3.91. The molecule has 0 aliphatic heterocycles. The van der Waals surface area contributed by atoms with Gasteiger partial charge >= 0.3 is 0 Å². The zero-order chi connectivity index (χ0) is 24.5. The fourth-order valence-electron chi connectivity index (χ4n) is 3.48. The van der Waals surface area contributed by atoms with Crippen molar-refractivity contribution in [1.29, 1.82) is 0 Å². The molecule has 0 unspecified atom stereocenters. The Morgan fingerprint density at radius 2 is 1.70 bits per heavy atom. The van der Waals surface area contributed by atoms with E-state index >= 15 is 0 Å². The van der Waals surface area contributed by atoms with E-state index in [1.807, 2.05) is 20.8 Å². The SMILES string of the molecule is CCCCNC(=O)[C@H](CC)N(Cc1ccc(Cl)c(Cl)c1)C(=O)COc1cc(C)c(Cl)c(C)c1. The van der Waals surface area contributed by atoms with Crippen molar-refractivity contribution >= 4 is 46.6 Å². The van der Waals surface area contributed by atoms with Crippen molar-refractivity contribution in [2.75, 3.05) is 13.2 Å². The lowest BCUT2D eigenvalue weighted by Crippen LogP contribution is -2.50. The van der Waals surface area contributed by atoms with E-state index in [4.69, 9.17) is 39.5 Å². The van der Waals surface area contributed by atoms with Crippen molar-refractivity contribution in [2.24, 2.45) is 0 Å². The minimum Gasteiger partial charge on any atom is -0.484 e. The summed E-state index contributed by atoms with van der Waals surface area (Å²) < 4.78 is 5.79. The van der Waals surface area contributed by atoms with Gasteiger partial charge in [0.05, 0.1) is 10.0 Å². The Morgan fingerprint density at radius 1 is 1.03 bits per heavy atom. The molecule has 1 N–H and O–H groups in total. The molecule has 0 saturated carbocycles. The van der Waals surface area contributed by atoms with E-state index < -0.39 is 6.04 Å². The highest BCUT2D eigenvalue weighted by Gasteiger charge is 2.29. The first-order chi connectivity index (χ1) is 15.7. The standard InChI is InChI=1S/C25H31Cl3N2O3/c1-5-7-10-29-25(32)22(6-2)30(14-18-8-9-20(26)21(27)13-18)23(31)15-33-19-11-16(3)24(28)17(4)12-19/h8-9,11-13,22H,5-7,10,14-15H2,1-4H3,(H,29,32)/t22-/m0/s1. The molecule has 0 saturated heterocycles. The fraction of sp³-hybridized carbons (Fsp3) is 0.440. The van der Waals surface area contributed by atoms with Gasteiger partial charge in [0.1, 0.15) is 11.8 Å². The van der Waals surface area contributed by atoms with Crippen LogP contribution in [0.2, 0.25) is 15.1 Å². The number of nitrogens with one attached hydrogen (secondary N) is 1. The van der Waals surface area contributed by atoms with Gasteiger partial charge in [0.15, 0.2) is 6.61 Å². The molecule has 0 bridgehead atoms. The summed E-state index contributed by atoms with van der Waals surface area (Å²) >= 11 is 18.4. The second-order valence-corrected chi connectivity index (χ2v) is 9.19. The molecule has 0 spiro atoms. The molecule has 33 heavy (non-hydrogen) atoms. The van der Waals surface area contributed by atoms with Gasteiger partial charge in [-0.25, -0.2) is 0 Å². The summed E-state index contributed by atoms with van der Waals surface area (Å²) in [5, 5.41) is 4.43. The quantitative estimate of drug-likeness (QED) is 0.355. The minimum absolute atomic E-state index is 0.183. The number of hydrogen-bond acceptors (Lipinski definition) is 3. The van der Waals surface area contributed by atoms with Crippen molar-refractivity contribution in [3.8, 4) is 5.75 Å². The van der Waals surface area contributed by atoms with Gasteiger partial charge < -0.3 is 15.0 Å². The van der Waals surface area contributed by atoms with Gasteiger partial charge in [-0.05, 0) is 67.6 Å². The predicted molar refractivity (Wildman–Crippen MR) is 135 cm³/mol. The van der Waals surface area contributed by atoms with E-state index in [2.05, 4.69) is 12.2 Å². The van der Waals surface area contributed by atoms with Crippen LogP contribution in [0.25, 0.3) is 0 Å². The van der Waals surface area contributed by atoms with Crippen LogP contribution in [-0.4, -0.2) is 35.9 Å². The van der Waals surface area contributed by atoms with E-state index in [1.54, 1.807) is 30.3 Å². The molecule has 180 valence electrons. The van der Waals surface area contributed by atoms with Gasteiger partial charge in [-0.2, -0.15) is 0 Å². The number of nitrogens with zero attached hydrogens (tertiary/aromatic N) is 1. The molecular weight excluding hydrogens is 483 g/mol. The summed E-state index contributed by atoms with van der Waals surface area (Å²) in [7, 11) is 0. The highest BCUT2D eigenvalue weighted by atomic mass is 35.5. The van der Waals surface area contributed by atoms with Crippen molar-refractivity contribution in [3.63, 3.8) is 0 Å². The molecule has 0 radical (unpaired) electrons. The van der Waals surface area contributed by atoms with E-state index in [1.165, 1.54) is 4.90 Å². The third-order valence-electron chi connectivity index (χ3n) is 5.32. The summed E-state index contributed by atoms with van der Waals surface area (Å²) in [6, 6.07) is 8.13. The number of amides is 2. The smallest absolute Gasteiger partial charge is 0.261 e. The average Bonchev–Trinajstić information content (AvgIpc) is 2.78. The summed E-state index contributed by atoms with van der Waals surface area (Å²) in [4.78, 5) is 27.7. The first-order valence-corrected chi connectivity index (χ1v) is 12.2. The van der Waals surface area contributed by atoms with Gasteiger partial charge in [0, 0.05) is 18.1 Å². The van der Waals surface area contributed by atoms with Crippen molar-refractivity contribution in [3.05, 3.63) is 62.1 Å². The minimum atomic E-state index is -0.638. The van der Waals surface area contributed by atoms with Crippen LogP contribution < -0.4 is 10.1 Å². The van der Waals surface area contributed by atoms with Gasteiger partial charge in [0.2, 0.25) is 5.91 Å². The van der Waals surface area contributed by atoms with Crippen LogP contribution >= 0.6 is 34.8 Å². The Kier molecular flexibility index (Phi) is 10.8. The Morgan fingerprint density at radius 3 is 2.27 bits per heavy atom. The number of benzene rings is 2. The maximum Gasteiger partial charge on any atom is 0.261 e. The van der Waals surface area contributed by atoms with Crippen molar-refractivity contribution < 1.29 is 14.3 Å². The van der Waals surface area contributed by atoms with Crippen LogP contribution in [-0.2, 0) is 16.1 Å². The molecule has 1 atom stereocenters. The number of halogens is 3. The molecule has 2 aromatic rings. The molecule has 8 heteroatoms. The topological polar surface area (TPSA) is 58.6 Å². The van der Waals surface area contributed by atoms with Gasteiger partial charge in [-0.3, -0.25) is 9.59 Å². The van der Waals surface area contributed by atoms with Crippen LogP contribution in [0.5, 0.6) is 5.75 Å². The van der Waals surface area contributed by atoms with Crippen LogP contribution in [0, 0.1) is 13.8 Å². The average molecular weight is 514 g/mol. The largest absolute Gasteiger partial charge is 0.484 e. The summed E-state index contributed by atoms with van der Waals surface area (Å²) in [6.45, 7) is 8.27. The number of ether oxygens (including phenoxy) is 1. The highest BCUT2D eigenvalue weighted by molar-refractivity contribution is 6.42. The van der Waals surface area contributed by atoms with E-state index in [0.717, 1.165) is 29.5 Å². The zero-order valence-electron chi connectivity index (χ0n) is 19.5. The first kappa shape index (κ1) is 27.3. The third-order valence-corrected chi connectivity index (χ3v) is 6.66. The van der Waals surface area contributed by atoms with Gasteiger partial charge in [0.25, 0.3) is 5.91 Å². The Labute approximate surface area is 211 Å². The number of rotatable bonds is 11. The zero-order valence-corrected chi connectivity index (χ0v) is 21.8. The molecule has 2 amide bonds. The number of carbonyl (C=O) groups excluding carboxylic acids is 2. The molecule has 0 aliphatic rings. The molecule has 0 heterocycles. The third kappa shape index (κ3) is 7.80. The van der Waals surface area contributed by atoms with E-state index in [-0.39, 0.29) is 25.0 Å². The Balaban J connectivity index is 2.24. The molecule has 0 aromatic heterocycles. The van der Waals surface area contributed by atoms with Gasteiger partial charge in [-0.1, -0.05) is 61.1 Å². The van der Waals surface area contributed by atoms with Crippen LogP contribution in [0.15, 0.2) is 30.3 Å². The van der Waals surface area contributed by atoms with Gasteiger partial charge in [-0.15, -0.1) is 0 Å². The van der Waals surface area contributed by atoms with Crippen LogP contribution in [0.3, 0.4) is 0 Å². The maximum absolute atomic E-state index is 13.3. The molecule has 0 aliphatic carbocycles. The lowest BCUT2D eigenvalue weighted by molar-refractivity contribution is -0.143. The number of aryl methyl sites for hydroxylation is 2. The molecule has 2 rings (SSSR count). The lowest BCUT2D eigenvalue weighted by atomic mass is 10.1. The first-order valence-electron chi connectivity index (χ1n) is 11.1. The molecule has 0 fully saturated rings. The number of carbonyl (C=O) groups is 2. The summed E-state index contributed by atoms with van der Waals surface area (Å²) in [6.07, 6.45) is 2.31. The van der Waals surface area contributed by atoms with E-state index in [0.29, 0.717) is 33.8 Å². The normalized spacial score (nSPS) is 11.7. The van der Waals surface area contributed by atoms with Crippen LogP contribution in [0.4, 0.5) is 0 Å². The molecule has 5 nitrogen and oxygen atoms in total. The molecular formula is C25H31Cl3N2O3. The second-order valence-electron chi connectivity index (χ2n) is 8.00. The van der Waals surface area contributed by atoms with Crippen molar-refractivity contribution in [1.82, 2.24) is 10.2 Å². The van der Waals surface area contributed by atoms with Crippen LogP contribution in [0.1, 0.15) is 49.8 Å². The summed E-state index contributed by atoms with van der Waals surface area (Å²) in [5.41, 5.74) is 2.51. The molecule has 2 aromatic carbocycles. The Bertz CT molecular complexity index is 958. The van der Waals surface area contributed by atoms with E-state index in [9.17, 15) is 9.59 Å². The number of unbranched alkanes of at least 4 members (excludes halogenated alkanes) is 1. The second kappa shape index (κ2) is 13.1. The lowest BCUT2D eigenvalue weighted by Gasteiger charge is -2.30. The van der Waals surface area contributed by atoms with Crippen molar-refractivity contribution in [2.45, 2.75) is 59.5 Å². The predicted octanol–water partition coefficient (Wildman–Crippen LogP) is 6.37. The maximum atomic E-state index is 13.3. The monoisotopic (exact) mass is 512 g/mol. The Hall–Kier alpha value is -1.95. The highest BCUT2D eigenvalue weighted by Crippen LogP contribution is 2.27.